The number of hydrogen-bond donors (Lipinski definition) is 1. The number of carbonyl (C=O) groups excluding carboxylic acids is 1. The molecule has 1 amide bonds. The molecule has 0 aromatic heterocycles. The van der Waals surface area contributed by atoms with E-state index in [1.165, 1.54) is 23.9 Å². The Morgan fingerprint density at radius 3 is 2.90 bits per heavy atom. The first-order chi connectivity index (χ1) is 9.70. The van der Waals surface area contributed by atoms with Crippen molar-refractivity contribution in [2.45, 2.75) is 11.8 Å². The summed E-state index contributed by atoms with van der Waals surface area (Å²) < 4.78 is 18.0. The molecule has 1 aromatic rings. The van der Waals surface area contributed by atoms with E-state index in [2.05, 4.69) is 0 Å². The van der Waals surface area contributed by atoms with Gasteiger partial charge in [0, 0.05) is 12.3 Å². The van der Waals surface area contributed by atoms with Crippen molar-refractivity contribution < 1.29 is 19.0 Å². The first-order valence-electron chi connectivity index (χ1n) is 6.51. The molecule has 0 bridgehead atoms. The molecule has 0 spiro atoms. The molecule has 1 saturated heterocycles. The van der Waals surface area contributed by atoms with Crippen LogP contribution in [0.15, 0.2) is 24.3 Å². The van der Waals surface area contributed by atoms with Crippen LogP contribution in [0, 0.1) is 5.82 Å². The molecule has 2 rings (SSSR count). The maximum atomic E-state index is 12.8. The Kier molecular flexibility index (Phi) is 5.82. The van der Waals surface area contributed by atoms with Gasteiger partial charge < -0.3 is 14.7 Å². The Morgan fingerprint density at radius 2 is 2.20 bits per heavy atom. The minimum atomic E-state index is -0.256. The summed E-state index contributed by atoms with van der Waals surface area (Å²) in [7, 11) is 0. The zero-order chi connectivity index (χ0) is 14.4. The molecule has 0 aliphatic carbocycles. The van der Waals surface area contributed by atoms with Crippen LogP contribution in [-0.2, 0) is 15.3 Å². The van der Waals surface area contributed by atoms with E-state index < -0.39 is 0 Å². The third-order valence-corrected chi connectivity index (χ3v) is 4.15. The van der Waals surface area contributed by atoms with Gasteiger partial charge in [-0.2, -0.15) is 0 Å². The van der Waals surface area contributed by atoms with Crippen molar-refractivity contribution in [2.75, 3.05) is 32.1 Å². The van der Waals surface area contributed by atoms with Crippen molar-refractivity contribution in [3.63, 3.8) is 0 Å². The SMILES string of the molecule is O=C(CSCc1ccc(F)cc1)N1CCOCC1CO. The van der Waals surface area contributed by atoms with Gasteiger partial charge in [-0.15, -0.1) is 11.8 Å². The smallest absolute Gasteiger partial charge is 0.233 e. The Bertz CT molecular complexity index is 441. The van der Waals surface area contributed by atoms with Crippen LogP contribution in [0.4, 0.5) is 4.39 Å². The number of benzene rings is 1. The van der Waals surface area contributed by atoms with Crippen LogP contribution in [0.5, 0.6) is 0 Å². The van der Waals surface area contributed by atoms with Gasteiger partial charge in [-0.25, -0.2) is 4.39 Å². The molecule has 110 valence electrons. The molecule has 1 aromatic carbocycles. The number of morpholine rings is 1. The van der Waals surface area contributed by atoms with Crippen LogP contribution in [0.3, 0.4) is 0 Å². The molecule has 20 heavy (non-hydrogen) atoms. The fourth-order valence-electron chi connectivity index (χ4n) is 2.05. The Hall–Kier alpha value is -1.11. The van der Waals surface area contributed by atoms with Gasteiger partial charge in [-0.05, 0) is 17.7 Å². The van der Waals surface area contributed by atoms with Gasteiger partial charge in [-0.1, -0.05) is 12.1 Å². The van der Waals surface area contributed by atoms with Gasteiger partial charge in [0.15, 0.2) is 0 Å². The normalized spacial score (nSPS) is 19.1. The lowest BCUT2D eigenvalue weighted by Crippen LogP contribution is -2.51. The summed E-state index contributed by atoms with van der Waals surface area (Å²) >= 11 is 1.49. The van der Waals surface area contributed by atoms with E-state index in [0.717, 1.165) is 5.56 Å². The highest BCUT2D eigenvalue weighted by Gasteiger charge is 2.26. The van der Waals surface area contributed by atoms with Crippen LogP contribution in [0.2, 0.25) is 0 Å². The number of nitrogens with zero attached hydrogens (tertiary/aromatic N) is 1. The summed E-state index contributed by atoms with van der Waals surface area (Å²) in [5.41, 5.74) is 0.991. The van der Waals surface area contributed by atoms with Crippen LogP contribution < -0.4 is 0 Å². The van der Waals surface area contributed by atoms with E-state index in [1.807, 2.05) is 0 Å². The predicted octanol–water partition coefficient (Wildman–Crippen LogP) is 1.28. The highest BCUT2D eigenvalue weighted by atomic mass is 32.2. The summed E-state index contributed by atoms with van der Waals surface area (Å²) in [6.45, 7) is 1.37. The van der Waals surface area contributed by atoms with E-state index >= 15 is 0 Å². The minimum absolute atomic E-state index is 0.0134. The van der Waals surface area contributed by atoms with Gasteiger partial charge >= 0.3 is 0 Å². The Labute approximate surface area is 121 Å². The number of rotatable bonds is 5. The molecule has 6 heteroatoms. The van der Waals surface area contributed by atoms with Crippen molar-refractivity contribution in [3.05, 3.63) is 35.6 Å². The molecule has 1 N–H and O–H groups in total. The number of carbonyl (C=O) groups is 1. The van der Waals surface area contributed by atoms with Gasteiger partial charge in [0.2, 0.25) is 5.91 Å². The monoisotopic (exact) mass is 299 g/mol. The van der Waals surface area contributed by atoms with Crippen LogP contribution in [-0.4, -0.2) is 54.1 Å². The molecular formula is C14H18FNO3S. The maximum absolute atomic E-state index is 12.8. The molecule has 0 saturated carbocycles. The molecule has 4 nitrogen and oxygen atoms in total. The van der Waals surface area contributed by atoms with Crippen molar-refractivity contribution >= 4 is 17.7 Å². The van der Waals surface area contributed by atoms with Gasteiger partial charge in [0.25, 0.3) is 0 Å². The number of thioether (sulfide) groups is 1. The van der Waals surface area contributed by atoms with Gasteiger partial charge in [0.05, 0.1) is 31.6 Å². The average molecular weight is 299 g/mol. The molecule has 1 atom stereocenters. The largest absolute Gasteiger partial charge is 0.394 e. The highest BCUT2D eigenvalue weighted by molar-refractivity contribution is 7.99. The quantitative estimate of drug-likeness (QED) is 0.890. The van der Waals surface area contributed by atoms with E-state index in [-0.39, 0.29) is 24.4 Å². The van der Waals surface area contributed by atoms with E-state index in [0.29, 0.717) is 31.3 Å². The predicted molar refractivity (Wildman–Crippen MR) is 76.0 cm³/mol. The average Bonchev–Trinajstić information content (AvgIpc) is 2.49. The molecule has 1 unspecified atom stereocenters. The molecule has 1 aliphatic heterocycles. The standard InChI is InChI=1S/C14H18FNO3S/c15-12-3-1-11(2-4-12)9-20-10-14(18)16-5-6-19-8-13(16)7-17/h1-4,13,17H,5-10H2. The molecule has 1 fully saturated rings. The lowest BCUT2D eigenvalue weighted by Gasteiger charge is -2.34. The number of hydrogen-bond acceptors (Lipinski definition) is 4. The fraction of sp³-hybridized carbons (Fsp3) is 0.500. The number of ether oxygens (including phenoxy) is 1. The number of amides is 1. The summed E-state index contributed by atoms with van der Waals surface area (Å²) in [5.74, 6) is 0.780. The van der Waals surface area contributed by atoms with Crippen molar-refractivity contribution in [1.82, 2.24) is 4.90 Å². The van der Waals surface area contributed by atoms with E-state index in [9.17, 15) is 14.3 Å². The maximum Gasteiger partial charge on any atom is 0.233 e. The number of aliphatic hydroxyl groups is 1. The fourth-order valence-corrected chi connectivity index (χ4v) is 2.92. The summed E-state index contributed by atoms with van der Waals surface area (Å²) in [4.78, 5) is 13.8. The van der Waals surface area contributed by atoms with Crippen molar-refractivity contribution in [2.24, 2.45) is 0 Å². The Balaban J connectivity index is 1.78. The first-order valence-corrected chi connectivity index (χ1v) is 7.66. The lowest BCUT2D eigenvalue weighted by molar-refractivity contribution is -0.138. The summed E-state index contributed by atoms with van der Waals surface area (Å²) in [6.07, 6.45) is 0. The lowest BCUT2D eigenvalue weighted by atomic mass is 10.2. The van der Waals surface area contributed by atoms with Gasteiger partial charge in [0.1, 0.15) is 5.82 Å². The summed E-state index contributed by atoms with van der Waals surface area (Å²) in [6, 6.07) is 6.04. The van der Waals surface area contributed by atoms with Crippen LogP contribution >= 0.6 is 11.8 Å². The van der Waals surface area contributed by atoms with Gasteiger partial charge in [-0.3, -0.25) is 4.79 Å². The van der Waals surface area contributed by atoms with Crippen molar-refractivity contribution in [3.8, 4) is 0 Å². The second-order valence-electron chi connectivity index (χ2n) is 4.62. The summed E-state index contributed by atoms with van der Waals surface area (Å²) in [5, 5.41) is 9.22. The zero-order valence-electron chi connectivity index (χ0n) is 11.1. The second kappa shape index (κ2) is 7.61. The third-order valence-electron chi connectivity index (χ3n) is 3.17. The third kappa shape index (κ3) is 4.19. The zero-order valence-corrected chi connectivity index (χ0v) is 11.9. The topological polar surface area (TPSA) is 49.8 Å². The number of halogens is 1. The molecular weight excluding hydrogens is 281 g/mol. The van der Waals surface area contributed by atoms with Crippen LogP contribution in [0.25, 0.3) is 0 Å². The Morgan fingerprint density at radius 1 is 1.45 bits per heavy atom. The number of aliphatic hydroxyl groups excluding tert-OH is 1. The van der Waals surface area contributed by atoms with E-state index in [4.69, 9.17) is 4.74 Å². The van der Waals surface area contributed by atoms with Crippen molar-refractivity contribution in [1.29, 1.82) is 0 Å². The molecule has 0 radical (unpaired) electrons. The molecule has 1 heterocycles. The molecule has 1 aliphatic rings. The van der Waals surface area contributed by atoms with E-state index in [1.54, 1.807) is 17.0 Å². The minimum Gasteiger partial charge on any atom is -0.394 e. The highest BCUT2D eigenvalue weighted by Crippen LogP contribution is 2.15. The van der Waals surface area contributed by atoms with Crippen LogP contribution in [0.1, 0.15) is 5.56 Å². The second-order valence-corrected chi connectivity index (χ2v) is 5.60. The first kappa shape index (κ1) is 15.3.